The summed E-state index contributed by atoms with van der Waals surface area (Å²) >= 11 is 0. The molecule has 94 valence electrons. The number of nitrogens with two attached hydrogens (primary N) is 1. The molecular formula is C12H24N2O2. The van der Waals surface area contributed by atoms with Crippen molar-refractivity contribution in [2.75, 3.05) is 13.1 Å². The molecule has 0 saturated carbocycles. The fourth-order valence-electron chi connectivity index (χ4n) is 2.00. The average molecular weight is 228 g/mol. The number of likely N-dealkylation sites (tertiary alicyclic amines) is 1. The normalized spacial score (nSPS) is 26.7. The Morgan fingerprint density at radius 2 is 2.06 bits per heavy atom. The van der Waals surface area contributed by atoms with Crippen LogP contribution in [0.2, 0.25) is 0 Å². The van der Waals surface area contributed by atoms with Gasteiger partial charge in [-0.2, -0.15) is 0 Å². The maximum atomic E-state index is 12.0. The molecule has 1 aliphatic heterocycles. The topological polar surface area (TPSA) is 55.6 Å². The molecule has 0 aromatic heterocycles. The van der Waals surface area contributed by atoms with Crippen molar-refractivity contribution < 1.29 is 9.53 Å². The lowest BCUT2D eigenvalue weighted by Gasteiger charge is -2.38. The maximum Gasteiger partial charge on any atom is 0.410 e. The molecule has 4 nitrogen and oxygen atoms in total. The van der Waals surface area contributed by atoms with E-state index in [0.717, 1.165) is 19.4 Å². The molecule has 16 heavy (non-hydrogen) atoms. The predicted molar refractivity (Wildman–Crippen MR) is 64.2 cm³/mol. The molecule has 4 heteroatoms. The molecular weight excluding hydrogens is 204 g/mol. The van der Waals surface area contributed by atoms with Gasteiger partial charge >= 0.3 is 6.09 Å². The highest BCUT2D eigenvalue weighted by Gasteiger charge is 2.31. The molecule has 0 unspecified atom stereocenters. The summed E-state index contributed by atoms with van der Waals surface area (Å²) in [6, 6.07) is 0.144. The number of amides is 1. The molecule has 2 N–H and O–H groups in total. The van der Waals surface area contributed by atoms with Crippen LogP contribution in [0.3, 0.4) is 0 Å². The van der Waals surface area contributed by atoms with Crippen molar-refractivity contribution in [3.8, 4) is 0 Å². The van der Waals surface area contributed by atoms with Crippen molar-refractivity contribution in [3.05, 3.63) is 0 Å². The predicted octanol–water partition coefficient (Wildman–Crippen LogP) is 1.98. The molecule has 1 fully saturated rings. The Morgan fingerprint density at radius 3 is 2.56 bits per heavy atom. The van der Waals surface area contributed by atoms with Gasteiger partial charge in [0.1, 0.15) is 5.60 Å². The van der Waals surface area contributed by atoms with E-state index >= 15 is 0 Å². The Bertz CT molecular complexity index is 248. The second kappa shape index (κ2) is 5.04. The first-order valence-corrected chi connectivity index (χ1v) is 6.03. The van der Waals surface area contributed by atoms with E-state index in [1.54, 1.807) is 4.90 Å². The quantitative estimate of drug-likeness (QED) is 0.746. The van der Waals surface area contributed by atoms with Crippen molar-refractivity contribution in [2.45, 2.75) is 52.2 Å². The SMILES string of the molecule is C[C@H]1CC[C@H](CN)N(C(=O)OC(C)(C)C)C1. The third kappa shape index (κ3) is 3.67. The van der Waals surface area contributed by atoms with Crippen LogP contribution in [0, 0.1) is 5.92 Å². The van der Waals surface area contributed by atoms with Crippen LogP contribution in [0.25, 0.3) is 0 Å². The Balaban J connectivity index is 2.63. The number of piperidine rings is 1. The zero-order valence-corrected chi connectivity index (χ0v) is 10.8. The van der Waals surface area contributed by atoms with Crippen LogP contribution >= 0.6 is 0 Å². The fraction of sp³-hybridized carbons (Fsp3) is 0.917. The molecule has 1 aliphatic rings. The van der Waals surface area contributed by atoms with Gasteiger partial charge in [-0.1, -0.05) is 6.92 Å². The van der Waals surface area contributed by atoms with Gasteiger partial charge in [-0.15, -0.1) is 0 Å². The van der Waals surface area contributed by atoms with Gasteiger partial charge in [-0.05, 0) is 39.5 Å². The molecule has 2 atom stereocenters. The zero-order chi connectivity index (χ0) is 12.3. The van der Waals surface area contributed by atoms with E-state index < -0.39 is 5.60 Å². The van der Waals surface area contributed by atoms with Gasteiger partial charge in [0.2, 0.25) is 0 Å². The van der Waals surface area contributed by atoms with E-state index in [-0.39, 0.29) is 12.1 Å². The fourth-order valence-corrected chi connectivity index (χ4v) is 2.00. The van der Waals surface area contributed by atoms with Crippen LogP contribution in [0.5, 0.6) is 0 Å². The minimum atomic E-state index is -0.434. The highest BCUT2D eigenvalue weighted by molar-refractivity contribution is 5.68. The van der Waals surface area contributed by atoms with E-state index in [1.807, 2.05) is 20.8 Å². The summed E-state index contributed by atoms with van der Waals surface area (Å²) in [5.41, 5.74) is 5.26. The number of nitrogens with zero attached hydrogens (tertiary/aromatic N) is 1. The van der Waals surface area contributed by atoms with E-state index in [1.165, 1.54) is 0 Å². The Labute approximate surface area is 98.1 Å². The van der Waals surface area contributed by atoms with Gasteiger partial charge in [0, 0.05) is 19.1 Å². The number of ether oxygens (including phenoxy) is 1. The van der Waals surface area contributed by atoms with Crippen LogP contribution < -0.4 is 5.73 Å². The Hall–Kier alpha value is -0.770. The zero-order valence-electron chi connectivity index (χ0n) is 10.8. The highest BCUT2D eigenvalue weighted by Crippen LogP contribution is 2.23. The summed E-state index contributed by atoms with van der Waals surface area (Å²) < 4.78 is 5.39. The molecule has 0 aromatic carbocycles. The second-order valence-corrected chi connectivity index (χ2v) is 5.70. The van der Waals surface area contributed by atoms with Crippen LogP contribution in [-0.2, 0) is 4.74 Å². The van der Waals surface area contributed by atoms with Crippen LogP contribution in [0.4, 0.5) is 4.79 Å². The molecule has 0 bridgehead atoms. The van der Waals surface area contributed by atoms with Crippen molar-refractivity contribution in [1.29, 1.82) is 0 Å². The van der Waals surface area contributed by atoms with Gasteiger partial charge in [-0.3, -0.25) is 0 Å². The number of carbonyl (C=O) groups is 1. The summed E-state index contributed by atoms with van der Waals surface area (Å²) in [6.45, 7) is 9.09. The second-order valence-electron chi connectivity index (χ2n) is 5.70. The molecule has 0 aliphatic carbocycles. The molecule has 1 rings (SSSR count). The third-order valence-corrected chi connectivity index (χ3v) is 2.84. The lowest BCUT2D eigenvalue weighted by Crippen LogP contribution is -2.51. The van der Waals surface area contributed by atoms with Gasteiger partial charge in [0.25, 0.3) is 0 Å². The van der Waals surface area contributed by atoms with Crippen LogP contribution in [-0.4, -0.2) is 35.7 Å². The number of carbonyl (C=O) groups excluding carboxylic acids is 1. The Morgan fingerprint density at radius 1 is 1.44 bits per heavy atom. The Kier molecular flexibility index (Phi) is 4.19. The largest absolute Gasteiger partial charge is 0.444 e. The summed E-state index contributed by atoms with van der Waals surface area (Å²) in [6.07, 6.45) is 1.90. The molecule has 1 amide bonds. The average Bonchev–Trinajstić information content (AvgIpc) is 2.15. The summed E-state index contributed by atoms with van der Waals surface area (Å²) in [7, 11) is 0. The van der Waals surface area contributed by atoms with Gasteiger partial charge in [0.15, 0.2) is 0 Å². The molecule has 0 radical (unpaired) electrons. The smallest absolute Gasteiger partial charge is 0.410 e. The summed E-state index contributed by atoms with van der Waals surface area (Å²) in [4.78, 5) is 13.8. The van der Waals surface area contributed by atoms with Crippen molar-refractivity contribution in [1.82, 2.24) is 4.90 Å². The van der Waals surface area contributed by atoms with Crippen molar-refractivity contribution in [2.24, 2.45) is 11.7 Å². The standard InChI is InChI=1S/C12H24N2O2/c1-9-5-6-10(7-13)14(8-9)11(15)16-12(2,3)4/h9-10H,5-8,13H2,1-4H3/t9-,10+/m0/s1. The van der Waals surface area contributed by atoms with E-state index in [0.29, 0.717) is 12.5 Å². The molecule has 0 spiro atoms. The molecule has 1 saturated heterocycles. The summed E-state index contributed by atoms with van der Waals surface area (Å²) in [5.74, 6) is 0.537. The minimum absolute atomic E-state index is 0.144. The van der Waals surface area contributed by atoms with Crippen molar-refractivity contribution in [3.63, 3.8) is 0 Å². The van der Waals surface area contributed by atoms with Crippen LogP contribution in [0.15, 0.2) is 0 Å². The highest BCUT2D eigenvalue weighted by atomic mass is 16.6. The van der Waals surface area contributed by atoms with Gasteiger partial charge < -0.3 is 15.4 Å². The monoisotopic (exact) mass is 228 g/mol. The lowest BCUT2D eigenvalue weighted by atomic mass is 9.94. The number of hydrogen-bond acceptors (Lipinski definition) is 3. The van der Waals surface area contributed by atoms with Crippen molar-refractivity contribution >= 4 is 6.09 Å². The minimum Gasteiger partial charge on any atom is -0.444 e. The first kappa shape index (κ1) is 13.3. The third-order valence-electron chi connectivity index (χ3n) is 2.84. The van der Waals surface area contributed by atoms with Gasteiger partial charge in [-0.25, -0.2) is 4.79 Å². The van der Waals surface area contributed by atoms with E-state index in [2.05, 4.69) is 6.92 Å². The number of rotatable bonds is 1. The first-order chi connectivity index (χ1) is 7.33. The molecule has 1 heterocycles. The molecule has 0 aromatic rings. The van der Waals surface area contributed by atoms with Gasteiger partial charge in [0.05, 0.1) is 0 Å². The van der Waals surface area contributed by atoms with E-state index in [9.17, 15) is 4.79 Å². The summed E-state index contributed by atoms with van der Waals surface area (Å²) in [5, 5.41) is 0. The van der Waals surface area contributed by atoms with E-state index in [4.69, 9.17) is 10.5 Å². The lowest BCUT2D eigenvalue weighted by molar-refractivity contribution is 0.00525. The van der Waals surface area contributed by atoms with Crippen LogP contribution in [0.1, 0.15) is 40.5 Å². The number of hydrogen-bond donors (Lipinski definition) is 1. The first-order valence-electron chi connectivity index (χ1n) is 6.03. The maximum absolute atomic E-state index is 12.0.